The quantitative estimate of drug-likeness (QED) is 0.928. The summed E-state index contributed by atoms with van der Waals surface area (Å²) >= 11 is 3.47. The lowest BCUT2D eigenvalue weighted by Crippen LogP contribution is -2.13. The highest BCUT2D eigenvalue weighted by Crippen LogP contribution is 2.30. The summed E-state index contributed by atoms with van der Waals surface area (Å²) in [5.41, 5.74) is 8.68. The SMILES string of the molecule is COc1ccc(Br)c(C(N)c2cc(C)cc(F)c2)c1. The monoisotopic (exact) mass is 323 g/mol. The van der Waals surface area contributed by atoms with E-state index in [4.69, 9.17) is 10.5 Å². The Morgan fingerprint density at radius 3 is 2.58 bits per heavy atom. The highest BCUT2D eigenvalue weighted by molar-refractivity contribution is 9.10. The molecule has 0 aromatic heterocycles. The Hall–Kier alpha value is -1.39. The van der Waals surface area contributed by atoms with Crippen LogP contribution in [0.1, 0.15) is 22.7 Å². The van der Waals surface area contributed by atoms with Gasteiger partial charge in [0.15, 0.2) is 0 Å². The van der Waals surface area contributed by atoms with Crippen LogP contribution in [0.5, 0.6) is 5.75 Å². The predicted octanol–water partition coefficient (Wildman–Crippen LogP) is 3.95. The maximum Gasteiger partial charge on any atom is 0.123 e. The first-order valence-corrected chi connectivity index (χ1v) is 6.66. The smallest absolute Gasteiger partial charge is 0.123 e. The third-order valence-electron chi connectivity index (χ3n) is 2.96. The summed E-state index contributed by atoms with van der Waals surface area (Å²) in [6.07, 6.45) is 0. The van der Waals surface area contributed by atoms with Gasteiger partial charge in [-0.1, -0.05) is 22.0 Å². The van der Waals surface area contributed by atoms with Gasteiger partial charge >= 0.3 is 0 Å². The summed E-state index contributed by atoms with van der Waals surface area (Å²) in [4.78, 5) is 0. The van der Waals surface area contributed by atoms with Crippen molar-refractivity contribution in [3.8, 4) is 5.75 Å². The van der Waals surface area contributed by atoms with E-state index in [-0.39, 0.29) is 5.82 Å². The highest BCUT2D eigenvalue weighted by atomic mass is 79.9. The number of benzene rings is 2. The molecule has 0 radical (unpaired) electrons. The molecule has 1 unspecified atom stereocenters. The molecule has 0 aliphatic heterocycles. The molecule has 2 aromatic rings. The largest absolute Gasteiger partial charge is 0.497 e. The normalized spacial score (nSPS) is 12.3. The van der Waals surface area contributed by atoms with Gasteiger partial charge < -0.3 is 10.5 Å². The van der Waals surface area contributed by atoms with E-state index in [2.05, 4.69) is 15.9 Å². The van der Waals surface area contributed by atoms with Crippen LogP contribution >= 0.6 is 15.9 Å². The van der Waals surface area contributed by atoms with E-state index in [0.29, 0.717) is 0 Å². The highest BCUT2D eigenvalue weighted by Gasteiger charge is 2.14. The van der Waals surface area contributed by atoms with Gasteiger partial charge in [-0.2, -0.15) is 0 Å². The molecular formula is C15H15BrFNO. The lowest BCUT2D eigenvalue weighted by molar-refractivity contribution is 0.414. The molecule has 0 fully saturated rings. The number of aryl methyl sites for hydroxylation is 1. The molecule has 19 heavy (non-hydrogen) atoms. The number of halogens is 2. The van der Waals surface area contributed by atoms with Gasteiger partial charge in [0.05, 0.1) is 13.2 Å². The van der Waals surface area contributed by atoms with Crippen LogP contribution in [-0.2, 0) is 0 Å². The predicted molar refractivity (Wildman–Crippen MR) is 77.9 cm³/mol. The van der Waals surface area contributed by atoms with Crippen LogP contribution in [-0.4, -0.2) is 7.11 Å². The zero-order chi connectivity index (χ0) is 14.0. The van der Waals surface area contributed by atoms with Crippen LogP contribution in [0.3, 0.4) is 0 Å². The summed E-state index contributed by atoms with van der Waals surface area (Å²) in [5.74, 6) is 0.450. The van der Waals surface area contributed by atoms with Crippen molar-refractivity contribution >= 4 is 15.9 Å². The third-order valence-corrected chi connectivity index (χ3v) is 3.68. The average molecular weight is 324 g/mol. The number of ether oxygens (including phenoxy) is 1. The van der Waals surface area contributed by atoms with Crippen molar-refractivity contribution in [2.45, 2.75) is 13.0 Å². The van der Waals surface area contributed by atoms with Gasteiger partial charge in [-0.25, -0.2) is 4.39 Å². The Labute approximate surface area is 120 Å². The van der Waals surface area contributed by atoms with Crippen molar-refractivity contribution < 1.29 is 9.13 Å². The Kier molecular flexibility index (Phi) is 4.22. The van der Waals surface area contributed by atoms with E-state index in [1.54, 1.807) is 7.11 Å². The number of methoxy groups -OCH3 is 1. The Balaban J connectivity index is 2.45. The van der Waals surface area contributed by atoms with Crippen LogP contribution in [0, 0.1) is 12.7 Å². The van der Waals surface area contributed by atoms with Gasteiger partial charge in [0.2, 0.25) is 0 Å². The van der Waals surface area contributed by atoms with E-state index >= 15 is 0 Å². The molecule has 0 spiro atoms. The lowest BCUT2D eigenvalue weighted by Gasteiger charge is -2.16. The van der Waals surface area contributed by atoms with Gasteiger partial charge in [0.25, 0.3) is 0 Å². The summed E-state index contributed by atoms with van der Waals surface area (Å²) in [7, 11) is 1.60. The summed E-state index contributed by atoms with van der Waals surface area (Å²) in [5, 5.41) is 0. The van der Waals surface area contributed by atoms with Gasteiger partial charge in [-0.05, 0) is 53.9 Å². The van der Waals surface area contributed by atoms with E-state index in [9.17, 15) is 4.39 Å². The van der Waals surface area contributed by atoms with Crippen molar-refractivity contribution in [1.29, 1.82) is 0 Å². The standard InChI is InChI=1S/C15H15BrFNO/c1-9-5-10(7-11(17)6-9)15(18)13-8-12(19-2)3-4-14(13)16/h3-8,15H,18H2,1-2H3. The number of rotatable bonds is 3. The van der Waals surface area contributed by atoms with Crippen LogP contribution in [0.15, 0.2) is 40.9 Å². The maximum absolute atomic E-state index is 13.5. The van der Waals surface area contributed by atoms with E-state index in [1.807, 2.05) is 31.2 Å². The minimum absolute atomic E-state index is 0.274. The maximum atomic E-state index is 13.5. The van der Waals surface area contributed by atoms with Crippen molar-refractivity contribution in [2.24, 2.45) is 5.73 Å². The molecule has 2 N–H and O–H groups in total. The second-order valence-electron chi connectivity index (χ2n) is 4.43. The molecule has 0 heterocycles. The second-order valence-corrected chi connectivity index (χ2v) is 5.28. The van der Waals surface area contributed by atoms with Crippen LogP contribution in [0.25, 0.3) is 0 Å². The van der Waals surface area contributed by atoms with E-state index < -0.39 is 6.04 Å². The van der Waals surface area contributed by atoms with Gasteiger partial charge in [-0.3, -0.25) is 0 Å². The van der Waals surface area contributed by atoms with Crippen molar-refractivity contribution in [3.05, 3.63) is 63.4 Å². The zero-order valence-corrected chi connectivity index (χ0v) is 12.4. The molecule has 0 bridgehead atoms. The number of nitrogens with two attached hydrogens (primary N) is 1. The zero-order valence-electron chi connectivity index (χ0n) is 10.8. The summed E-state index contributed by atoms with van der Waals surface area (Å²) in [6, 6.07) is 10.0. The molecule has 0 aliphatic carbocycles. The molecule has 100 valence electrons. The lowest BCUT2D eigenvalue weighted by atomic mass is 9.98. The van der Waals surface area contributed by atoms with Crippen molar-refractivity contribution in [2.75, 3.05) is 7.11 Å². The van der Waals surface area contributed by atoms with E-state index in [0.717, 1.165) is 26.9 Å². The second kappa shape index (κ2) is 5.72. The minimum Gasteiger partial charge on any atom is -0.497 e. The molecule has 2 nitrogen and oxygen atoms in total. The van der Waals surface area contributed by atoms with Crippen LogP contribution in [0.2, 0.25) is 0 Å². The molecule has 0 saturated carbocycles. The summed E-state index contributed by atoms with van der Waals surface area (Å²) < 4.78 is 19.5. The van der Waals surface area contributed by atoms with Gasteiger partial charge in [0.1, 0.15) is 11.6 Å². The average Bonchev–Trinajstić information content (AvgIpc) is 2.37. The fraction of sp³-hybridized carbons (Fsp3) is 0.200. The Bertz CT molecular complexity index is 580. The number of hydrogen-bond acceptors (Lipinski definition) is 2. The fourth-order valence-electron chi connectivity index (χ4n) is 2.01. The third kappa shape index (κ3) is 3.14. The van der Waals surface area contributed by atoms with E-state index in [1.165, 1.54) is 12.1 Å². The van der Waals surface area contributed by atoms with Crippen LogP contribution in [0.4, 0.5) is 4.39 Å². The van der Waals surface area contributed by atoms with Crippen LogP contribution < -0.4 is 10.5 Å². The van der Waals surface area contributed by atoms with Gasteiger partial charge in [-0.15, -0.1) is 0 Å². The molecular weight excluding hydrogens is 309 g/mol. The first-order valence-electron chi connectivity index (χ1n) is 5.87. The van der Waals surface area contributed by atoms with Crippen molar-refractivity contribution in [3.63, 3.8) is 0 Å². The van der Waals surface area contributed by atoms with Gasteiger partial charge in [0, 0.05) is 4.47 Å². The van der Waals surface area contributed by atoms with Crippen molar-refractivity contribution in [1.82, 2.24) is 0 Å². The topological polar surface area (TPSA) is 35.2 Å². The first kappa shape index (κ1) is 14.0. The molecule has 0 aliphatic rings. The minimum atomic E-state index is -0.404. The fourth-order valence-corrected chi connectivity index (χ4v) is 2.50. The number of hydrogen-bond donors (Lipinski definition) is 1. The summed E-state index contributed by atoms with van der Waals surface area (Å²) in [6.45, 7) is 1.85. The Morgan fingerprint density at radius 1 is 1.21 bits per heavy atom. The molecule has 0 saturated heterocycles. The molecule has 2 aromatic carbocycles. The molecule has 1 atom stereocenters. The first-order chi connectivity index (χ1) is 9.01. The molecule has 4 heteroatoms. The Morgan fingerprint density at radius 2 is 1.95 bits per heavy atom. The molecule has 2 rings (SSSR count). The molecule has 0 amide bonds.